The number of ether oxygens (including phenoxy) is 1. The maximum atomic E-state index is 9.75. The number of aliphatic hydroxyl groups is 1. The molecule has 18 heavy (non-hydrogen) atoms. The molecule has 3 heteroatoms. The van der Waals surface area contributed by atoms with Crippen molar-refractivity contribution in [3.63, 3.8) is 0 Å². The van der Waals surface area contributed by atoms with Gasteiger partial charge in [0.2, 0.25) is 0 Å². The molecule has 1 heterocycles. The second kappa shape index (κ2) is 3.97. The van der Waals surface area contributed by atoms with Crippen molar-refractivity contribution in [3.05, 3.63) is 29.3 Å². The maximum absolute atomic E-state index is 9.75. The smallest absolute Gasteiger partial charge is 0.119 e. The largest absolute Gasteiger partial charge is 0.497 e. The van der Waals surface area contributed by atoms with E-state index in [2.05, 4.69) is 31.0 Å². The summed E-state index contributed by atoms with van der Waals surface area (Å²) in [7, 11) is 3.88. The van der Waals surface area contributed by atoms with Crippen molar-refractivity contribution in [1.29, 1.82) is 0 Å². The fourth-order valence-electron chi connectivity index (χ4n) is 4.01. The highest BCUT2D eigenvalue weighted by Gasteiger charge is 2.52. The summed E-state index contributed by atoms with van der Waals surface area (Å²) in [4.78, 5) is 2.40. The number of hydrogen-bond acceptors (Lipinski definition) is 3. The van der Waals surface area contributed by atoms with Gasteiger partial charge in [0.1, 0.15) is 5.75 Å². The number of likely N-dealkylation sites (tertiary alicyclic amines) is 1. The quantitative estimate of drug-likeness (QED) is 0.858. The number of aliphatic hydroxyl groups excluding tert-OH is 1. The van der Waals surface area contributed by atoms with Crippen LogP contribution in [-0.4, -0.2) is 43.4 Å². The normalized spacial score (nSPS) is 34.4. The first-order valence-corrected chi connectivity index (χ1v) is 6.58. The van der Waals surface area contributed by atoms with E-state index in [0.717, 1.165) is 18.7 Å². The van der Waals surface area contributed by atoms with Gasteiger partial charge < -0.3 is 14.7 Å². The summed E-state index contributed by atoms with van der Waals surface area (Å²) in [6.07, 6.45) is 1.04. The van der Waals surface area contributed by atoms with E-state index in [1.807, 2.05) is 6.07 Å². The van der Waals surface area contributed by atoms with Crippen LogP contribution in [0.4, 0.5) is 0 Å². The average molecular weight is 247 g/mol. The molecular weight excluding hydrogens is 226 g/mol. The third kappa shape index (κ3) is 1.44. The van der Waals surface area contributed by atoms with E-state index in [4.69, 9.17) is 4.74 Å². The summed E-state index contributed by atoms with van der Waals surface area (Å²) >= 11 is 0. The predicted molar refractivity (Wildman–Crippen MR) is 71.0 cm³/mol. The molecule has 98 valence electrons. The lowest BCUT2D eigenvalue weighted by Gasteiger charge is -2.38. The topological polar surface area (TPSA) is 32.7 Å². The van der Waals surface area contributed by atoms with Gasteiger partial charge in [-0.05, 0) is 36.7 Å². The molecule has 1 fully saturated rings. The molecule has 1 aliphatic carbocycles. The highest BCUT2D eigenvalue weighted by molar-refractivity contribution is 5.45. The lowest BCUT2D eigenvalue weighted by molar-refractivity contribution is 0.147. The third-order valence-corrected chi connectivity index (χ3v) is 4.98. The summed E-state index contributed by atoms with van der Waals surface area (Å²) in [5.74, 6) is 1.25. The van der Waals surface area contributed by atoms with Crippen LogP contribution in [0.2, 0.25) is 0 Å². The Morgan fingerprint density at radius 3 is 2.94 bits per heavy atom. The molecule has 0 aromatic heterocycles. The summed E-state index contributed by atoms with van der Waals surface area (Å²) in [6.45, 7) is 3.56. The Labute approximate surface area is 108 Å². The van der Waals surface area contributed by atoms with Crippen LogP contribution in [0.5, 0.6) is 5.75 Å². The van der Waals surface area contributed by atoms with E-state index in [0.29, 0.717) is 12.0 Å². The minimum Gasteiger partial charge on any atom is -0.497 e. The first kappa shape index (κ1) is 12.0. The van der Waals surface area contributed by atoms with E-state index >= 15 is 0 Å². The molecule has 1 N–H and O–H groups in total. The number of likely N-dealkylation sites (N-methyl/N-ethyl adjacent to an activating group) is 1. The van der Waals surface area contributed by atoms with E-state index in [-0.39, 0.29) is 12.0 Å². The minimum atomic E-state index is 0.0519. The molecule has 0 unspecified atom stereocenters. The van der Waals surface area contributed by atoms with E-state index in [1.54, 1.807) is 7.11 Å². The summed E-state index contributed by atoms with van der Waals surface area (Å²) in [5.41, 5.74) is 2.83. The fourth-order valence-corrected chi connectivity index (χ4v) is 4.01. The summed E-state index contributed by atoms with van der Waals surface area (Å²) in [5, 5.41) is 9.75. The van der Waals surface area contributed by atoms with Crippen molar-refractivity contribution in [3.8, 4) is 5.75 Å². The predicted octanol–water partition coefficient (Wildman–Crippen LogP) is 1.43. The Bertz CT molecular complexity index is 474. The van der Waals surface area contributed by atoms with E-state index in [9.17, 15) is 5.11 Å². The van der Waals surface area contributed by atoms with Crippen molar-refractivity contribution in [2.75, 3.05) is 27.3 Å². The Hall–Kier alpha value is -1.06. The van der Waals surface area contributed by atoms with Crippen LogP contribution in [0, 0.1) is 5.92 Å². The second-order valence-electron chi connectivity index (χ2n) is 5.92. The van der Waals surface area contributed by atoms with Crippen LogP contribution in [0.3, 0.4) is 0 Å². The van der Waals surface area contributed by atoms with E-state index < -0.39 is 0 Å². The lowest BCUT2D eigenvalue weighted by atomic mass is 9.66. The van der Waals surface area contributed by atoms with Crippen LogP contribution < -0.4 is 4.74 Å². The zero-order chi connectivity index (χ0) is 12.9. The van der Waals surface area contributed by atoms with Crippen molar-refractivity contribution < 1.29 is 9.84 Å². The Kier molecular flexibility index (Phi) is 2.65. The van der Waals surface area contributed by atoms with Gasteiger partial charge in [0.15, 0.2) is 0 Å². The van der Waals surface area contributed by atoms with Gasteiger partial charge >= 0.3 is 0 Å². The first-order chi connectivity index (χ1) is 8.60. The average Bonchev–Trinajstić information content (AvgIpc) is 2.55. The molecule has 1 aliphatic heterocycles. The Morgan fingerprint density at radius 2 is 2.28 bits per heavy atom. The van der Waals surface area contributed by atoms with Gasteiger partial charge in [-0.2, -0.15) is 0 Å². The number of hydrogen-bond donors (Lipinski definition) is 1. The van der Waals surface area contributed by atoms with Crippen LogP contribution in [0.1, 0.15) is 18.1 Å². The van der Waals surface area contributed by atoms with Gasteiger partial charge in [-0.15, -0.1) is 0 Å². The molecule has 2 bridgehead atoms. The number of nitrogens with zero attached hydrogens (tertiary/aromatic N) is 1. The molecule has 1 aromatic rings. The standard InChI is InChI=1S/C15H21NO2/c1-15-9-16(2)14(13(15)8-17)6-10-4-5-11(18-3)7-12(10)15/h4-5,7,13-14,17H,6,8-9H2,1-3H3/t13-,14-,15+/m1/s1. The van der Waals surface area contributed by atoms with Gasteiger partial charge in [-0.3, -0.25) is 0 Å². The molecule has 2 aliphatic rings. The van der Waals surface area contributed by atoms with Crippen molar-refractivity contribution >= 4 is 0 Å². The molecule has 0 amide bonds. The summed E-state index contributed by atoms with van der Waals surface area (Å²) in [6, 6.07) is 6.86. The third-order valence-electron chi connectivity index (χ3n) is 4.98. The molecule has 3 rings (SSSR count). The van der Waals surface area contributed by atoms with Gasteiger partial charge in [0.05, 0.1) is 7.11 Å². The minimum absolute atomic E-state index is 0.0519. The maximum Gasteiger partial charge on any atom is 0.119 e. The van der Waals surface area contributed by atoms with Gasteiger partial charge in [0, 0.05) is 30.5 Å². The van der Waals surface area contributed by atoms with E-state index in [1.165, 1.54) is 11.1 Å². The van der Waals surface area contributed by atoms with Gasteiger partial charge in [0.25, 0.3) is 0 Å². The Morgan fingerprint density at radius 1 is 1.50 bits per heavy atom. The van der Waals surface area contributed by atoms with Crippen molar-refractivity contribution in [1.82, 2.24) is 4.90 Å². The highest BCUT2D eigenvalue weighted by Crippen LogP contribution is 2.49. The number of fused-ring (bicyclic) bond motifs is 4. The van der Waals surface area contributed by atoms with Crippen molar-refractivity contribution in [2.45, 2.75) is 24.8 Å². The van der Waals surface area contributed by atoms with Crippen LogP contribution in [0.25, 0.3) is 0 Å². The number of methoxy groups -OCH3 is 1. The molecular formula is C15H21NO2. The lowest BCUT2D eigenvalue weighted by Crippen LogP contribution is -2.42. The molecule has 3 nitrogen and oxygen atoms in total. The first-order valence-electron chi connectivity index (χ1n) is 6.58. The zero-order valence-corrected chi connectivity index (χ0v) is 11.3. The van der Waals surface area contributed by atoms with Gasteiger partial charge in [-0.25, -0.2) is 0 Å². The highest BCUT2D eigenvalue weighted by atomic mass is 16.5. The van der Waals surface area contributed by atoms with Crippen LogP contribution in [-0.2, 0) is 11.8 Å². The molecule has 1 saturated heterocycles. The fraction of sp³-hybridized carbons (Fsp3) is 0.600. The van der Waals surface area contributed by atoms with Crippen LogP contribution in [0.15, 0.2) is 18.2 Å². The molecule has 1 aromatic carbocycles. The SMILES string of the molecule is COc1ccc2c(c1)[C@]1(C)CN(C)[C@H](C2)[C@H]1CO. The second-order valence-corrected chi connectivity index (χ2v) is 5.92. The zero-order valence-electron chi connectivity index (χ0n) is 11.3. The van der Waals surface area contributed by atoms with Crippen LogP contribution >= 0.6 is 0 Å². The Balaban J connectivity index is 2.13. The molecule has 0 spiro atoms. The van der Waals surface area contributed by atoms with Gasteiger partial charge in [-0.1, -0.05) is 13.0 Å². The van der Waals surface area contributed by atoms with Crippen molar-refractivity contribution in [2.24, 2.45) is 5.92 Å². The number of benzene rings is 1. The molecule has 0 saturated carbocycles. The monoisotopic (exact) mass is 247 g/mol. The molecule has 3 atom stereocenters. The summed E-state index contributed by atoms with van der Waals surface area (Å²) < 4.78 is 5.35. The number of rotatable bonds is 2. The molecule has 0 radical (unpaired) electrons.